The van der Waals surface area contributed by atoms with Gasteiger partial charge >= 0.3 is 0 Å². The van der Waals surface area contributed by atoms with Crippen molar-refractivity contribution in [1.82, 2.24) is 15.1 Å². The number of rotatable bonds is 6. The van der Waals surface area contributed by atoms with Crippen molar-refractivity contribution in [3.8, 4) is 0 Å². The normalized spacial score (nSPS) is 19.8. The molecule has 0 aliphatic carbocycles. The number of anilines is 1. The van der Waals surface area contributed by atoms with Crippen LogP contribution in [0.2, 0.25) is 0 Å². The van der Waals surface area contributed by atoms with Gasteiger partial charge in [0.05, 0.1) is 18.8 Å². The third-order valence-electron chi connectivity index (χ3n) is 3.99. The summed E-state index contributed by atoms with van der Waals surface area (Å²) < 4.78 is 18.7. The number of nitrogens with zero attached hydrogens (tertiary/aromatic N) is 3. The largest absolute Gasteiger partial charge is 0.387 e. The van der Waals surface area contributed by atoms with Crippen LogP contribution in [0.15, 0.2) is 42.6 Å². The maximum atomic E-state index is 13.0. The number of morpholine rings is 1. The van der Waals surface area contributed by atoms with Gasteiger partial charge < -0.3 is 15.2 Å². The van der Waals surface area contributed by atoms with E-state index in [4.69, 9.17) is 4.74 Å². The minimum atomic E-state index is -0.641. The fourth-order valence-electron chi connectivity index (χ4n) is 2.72. The Hall–Kier alpha value is -2.09. The monoisotopic (exact) mass is 332 g/mol. The molecule has 1 aromatic carbocycles. The van der Waals surface area contributed by atoms with Gasteiger partial charge in [0.25, 0.3) is 0 Å². The number of β-amino-alcohol motifs (C(OH)–C–C–N with tert-alkyl or cyclic N) is 1. The van der Waals surface area contributed by atoms with Gasteiger partial charge in [-0.3, -0.25) is 4.90 Å². The second-order valence-electron chi connectivity index (χ2n) is 5.81. The number of nitrogens with one attached hydrogen (secondary N) is 1. The van der Waals surface area contributed by atoms with Crippen molar-refractivity contribution in [2.75, 3.05) is 38.1 Å². The highest BCUT2D eigenvalue weighted by Gasteiger charge is 2.22. The molecule has 1 aromatic heterocycles. The van der Waals surface area contributed by atoms with Gasteiger partial charge in [0, 0.05) is 32.4 Å². The number of hydrogen-bond donors (Lipinski definition) is 2. The Kier molecular flexibility index (Phi) is 5.68. The first-order chi connectivity index (χ1) is 11.7. The summed E-state index contributed by atoms with van der Waals surface area (Å²) in [6.45, 7) is 3.22. The summed E-state index contributed by atoms with van der Waals surface area (Å²) in [5.41, 5.74) is 0.720. The first kappa shape index (κ1) is 16.8. The van der Waals surface area contributed by atoms with Crippen molar-refractivity contribution >= 4 is 5.82 Å². The molecule has 0 amide bonds. The topological polar surface area (TPSA) is 70.5 Å². The number of aliphatic hydroxyl groups excluding tert-OH is 1. The average Bonchev–Trinajstić information content (AvgIpc) is 2.62. The average molecular weight is 332 g/mol. The van der Waals surface area contributed by atoms with E-state index in [-0.39, 0.29) is 11.9 Å². The van der Waals surface area contributed by atoms with E-state index in [0.717, 1.165) is 12.1 Å². The van der Waals surface area contributed by atoms with Crippen molar-refractivity contribution in [1.29, 1.82) is 0 Å². The zero-order valence-corrected chi connectivity index (χ0v) is 13.3. The molecule has 7 heteroatoms. The quantitative estimate of drug-likeness (QED) is 0.835. The standard InChI is InChI=1S/C17H21FN4O2/c18-14-5-3-13(4-6-14)16(23)12-22-8-9-24-15(11-22)10-19-17-2-1-7-20-21-17/h1-7,15-16,23H,8-12H2,(H,19,21)/t15-,16-/m1/s1. The molecule has 0 unspecified atom stereocenters. The highest BCUT2D eigenvalue weighted by Crippen LogP contribution is 2.17. The van der Waals surface area contributed by atoms with Crippen LogP contribution in [0, 0.1) is 5.82 Å². The number of halogens is 1. The van der Waals surface area contributed by atoms with E-state index >= 15 is 0 Å². The molecule has 24 heavy (non-hydrogen) atoms. The zero-order valence-electron chi connectivity index (χ0n) is 13.3. The molecule has 1 aliphatic rings. The number of aromatic nitrogens is 2. The lowest BCUT2D eigenvalue weighted by molar-refractivity contribution is -0.0344. The fourth-order valence-corrected chi connectivity index (χ4v) is 2.72. The minimum Gasteiger partial charge on any atom is -0.387 e. The van der Waals surface area contributed by atoms with E-state index in [2.05, 4.69) is 20.4 Å². The van der Waals surface area contributed by atoms with Crippen LogP contribution in [0.4, 0.5) is 10.2 Å². The van der Waals surface area contributed by atoms with Gasteiger partial charge in [0.2, 0.25) is 0 Å². The molecule has 2 aromatic rings. The Morgan fingerprint density at radius 3 is 2.92 bits per heavy atom. The molecule has 2 N–H and O–H groups in total. The van der Waals surface area contributed by atoms with E-state index in [1.807, 2.05) is 12.1 Å². The molecule has 2 atom stereocenters. The molecule has 128 valence electrons. The second-order valence-corrected chi connectivity index (χ2v) is 5.81. The number of hydrogen-bond acceptors (Lipinski definition) is 6. The minimum absolute atomic E-state index is 0.0150. The Bertz CT molecular complexity index is 626. The summed E-state index contributed by atoms with van der Waals surface area (Å²) in [4.78, 5) is 2.15. The summed E-state index contributed by atoms with van der Waals surface area (Å²) >= 11 is 0. The summed E-state index contributed by atoms with van der Waals surface area (Å²) in [5, 5.41) is 21.3. The lowest BCUT2D eigenvalue weighted by atomic mass is 10.1. The lowest BCUT2D eigenvalue weighted by Gasteiger charge is -2.34. The van der Waals surface area contributed by atoms with Gasteiger partial charge in [0.1, 0.15) is 11.6 Å². The van der Waals surface area contributed by atoms with Crippen LogP contribution in [0.1, 0.15) is 11.7 Å². The van der Waals surface area contributed by atoms with E-state index in [1.54, 1.807) is 18.3 Å². The molecule has 1 aliphatic heterocycles. The molecule has 6 nitrogen and oxygen atoms in total. The van der Waals surface area contributed by atoms with Crippen LogP contribution in [0.3, 0.4) is 0 Å². The summed E-state index contributed by atoms with van der Waals surface area (Å²) in [6, 6.07) is 9.65. The van der Waals surface area contributed by atoms with Crippen LogP contribution in [-0.2, 0) is 4.74 Å². The Morgan fingerprint density at radius 2 is 2.17 bits per heavy atom. The van der Waals surface area contributed by atoms with Crippen LogP contribution >= 0.6 is 0 Å². The third-order valence-corrected chi connectivity index (χ3v) is 3.99. The fraction of sp³-hybridized carbons (Fsp3) is 0.412. The first-order valence-electron chi connectivity index (χ1n) is 8.00. The van der Waals surface area contributed by atoms with Gasteiger partial charge in [-0.25, -0.2) is 4.39 Å². The smallest absolute Gasteiger partial charge is 0.148 e. The molecule has 2 heterocycles. The van der Waals surface area contributed by atoms with Crippen molar-refractivity contribution in [2.24, 2.45) is 0 Å². The predicted molar refractivity (Wildman–Crippen MR) is 88.1 cm³/mol. The van der Waals surface area contributed by atoms with Gasteiger partial charge in [-0.15, -0.1) is 5.10 Å². The van der Waals surface area contributed by atoms with E-state index in [9.17, 15) is 9.50 Å². The number of ether oxygens (including phenoxy) is 1. The maximum Gasteiger partial charge on any atom is 0.148 e. The Morgan fingerprint density at radius 1 is 1.33 bits per heavy atom. The van der Waals surface area contributed by atoms with Crippen molar-refractivity contribution < 1.29 is 14.2 Å². The Labute approximate surface area is 140 Å². The van der Waals surface area contributed by atoms with Crippen molar-refractivity contribution in [3.63, 3.8) is 0 Å². The van der Waals surface area contributed by atoms with E-state index in [1.165, 1.54) is 12.1 Å². The summed E-state index contributed by atoms with van der Waals surface area (Å²) in [7, 11) is 0. The molecular weight excluding hydrogens is 311 g/mol. The summed E-state index contributed by atoms with van der Waals surface area (Å²) in [5.74, 6) is 0.414. The van der Waals surface area contributed by atoms with E-state index in [0.29, 0.717) is 32.1 Å². The highest BCUT2D eigenvalue weighted by molar-refractivity contribution is 5.31. The first-order valence-corrected chi connectivity index (χ1v) is 8.00. The summed E-state index contributed by atoms with van der Waals surface area (Å²) in [6.07, 6.45) is 0.999. The molecule has 0 radical (unpaired) electrons. The second kappa shape index (κ2) is 8.14. The predicted octanol–water partition coefficient (Wildman–Crippen LogP) is 1.46. The van der Waals surface area contributed by atoms with Gasteiger partial charge in [-0.2, -0.15) is 5.10 Å². The van der Waals surface area contributed by atoms with Gasteiger partial charge in [-0.1, -0.05) is 12.1 Å². The molecule has 3 rings (SSSR count). The highest BCUT2D eigenvalue weighted by atomic mass is 19.1. The molecular formula is C17H21FN4O2. The van der Waals surface area contributed by atoms with Crippen LogP contribution in [0.5, 0.6) is 0 Å². The molecule has 0 spiro atoms. The number of benzene rings is 1. The van der Waals surface area contributed by atoms with Gasteiger partial charge in [-0.05, 0) is 29.8 Å². The number of aliphatic hydroxyl groups is 1. The SMILES string of the molecule is O[C@H](CN1CCO[C@H](CNc2cccnn2)C1)c1ccc(F)cc1. The lowest BCUT2D eigenvalue weighted by Crippen LogP contribution is -2.46. The molecule has 1 saturated heterocycles. The third kappa shape index (κ3) is 4.70. The Balaban J connectivity index is 1.49. The van der Waals surface area contributed by atoms with Gasteiger partial charge in [0.15, 0.2) is 0 Å². The van der Waals surface area contributed by atoms with Crippen LogP contribution in [0.25, 0.3) is 0 Å². The molecule has 0 bridgehead atoms. The van der Waals surface area contributed by atoms with Crippen LogP contribution < -0.4 is 5.32 Å². The zero-order chi connectivity index (χ0) is 16.8. The van der Waals surface area contributed by atoms with Crippen molar-refractivity contribution in [3.05, 3.63) is 54.0 Å². The van der Waals surface area contributed by atoms with E-state index < -0.39 is 6.10 Å². The van der Waals surface area contributed by atoms with Crippen LogP contribution in [-0.4, -0.2) is 59.1 Å². The maximum absolute atomic E-state index is 13.0. The van der Waals surface area contributed by atoms with Crippen molar-refractivity contribution in [2.45, 2.75) is 12.2 Å². The molecule has 1 fully saturated rings. The molecule has 0 saturated carbocycles.